The number of fused-ring (bicyclic) bond motifs is 1. The first kappa shape index (κ1) is 21.9. The molecule has 1 aromatic carbocycles. The first-order valence-corrected chi connectivity index (χ1v) is 12.4. The van der Waals surface area contributed by atoms with E-state index in [9.17, 15) is 4.79 Å². The van der Waals surface area contributed by atoms with Gasteiger partial charge in [-0.15, -0.1) is 0 Å². The quantitative estimate of drug-likeness (QED) is 0.600. The average Bonchev–Trinajstić information content (AvgIpc) is 3.40. The van der Waals surface area contributed by atoms with Gasteiger partial charge in [-0.3, -0.25) is 4.79 Å². The molecule has 3 heterocycles. The Kier molecular flexibility index (Phi) is 6.04. The third kappa shape index (κ3) is 4.09. The molecule has 0 radical (unpaired) electrons. The van der Waals surface area contributed by atoms with Gasteiger partial charge in [-0.05, 0) is 44.7 Å². The highest BCUT2D eigenvalue weighted by atomic mass is 16.2. The van der Waals surface area contributed by atoms with Crippen molar-refractivity contribution in [3.63, 3.8) is 0 Å². The van der Waals surface area contributed by atoms with Crippen molar-refractivity contribution in [2.24, 2.45) is 5.92 Å². The summed E-state index contributed by atoms with van der Waals surface area (Å²) in [6.07, 6.45) is 6.22. The van der Waals surface area contributed by atoms with Crippen LogP contribution in [-0.4, -0.2) is 56.7 Å². The smallest absolute Gasteiger partial charge is 0.225 e. The lowest BCUT2D eigenvalue weighted by molar-refractivity contribution is -0.135. The number of para-hydroxylation sites is 1. The summed E-state index contributed by atoms with van der Waals surface area (Å²) in [5, 5.41) is 5.91. The van der Waals surface area contributed by atoms with E-state index in [1.54, 1.807) is 0 Å². The molecular formula is C26H34N6O. The monoisotopic (exact) mass is 446 g/mol. The van der Waals surface area contributed by atoms with Crippen LogP contribution in [0.1, 0.15) is 56.1 Å². The lowest BCUT2D eigenvalue weighted by Gasteiger charge is -2.25. The Hall–Kier alpha value is -2.96. The summed E-state index contributed by atoms with van der Waals surface area (Å²) in [7, 11) is 0. The number of rotatable bonds is 4. The maximum absolute atomic E-state index is 13.0. The number of benzene rings is 1. The van der Waals surface area contributed by atoms with E-state index >= 15 is 0 Å². The van der Waals surface area contributed by atoms with Gasteiger partial charge in [-0.25, -0.2) is 14.6 Å². The molecule has 7 heteroatoms. The minimum absolute atomic E-state index is 0.239. The van der Waals surface area contributed by atoms with Gasteiger partial charge in [0.15, 0.2) is 5.65 Å². The Morgan fingerprint density at radius 1 is 1.00 bits per heavy atom. The van der Waals surface area contributed by atoms with Crippen LogP contribution in [0.5, 0.6) is 0 Å². The molecule has 1 aliphatic heterocycles. The first-order chi connectivity index (χ1) is 16.1. The van der Waals surface area contributed by atoms with E-state index < -0.39 is 0 Å². The van der Waals surface area contributed by atoms with E-state index in [1.807, 2.05) is 23.7 Å². The molecule has 3 aromatic rings. The summed E-state index contributed by atoms with van der Waals surface area (Å²) in [4.78, 5) is 27.4. The van der Waals surface area contributed by atoms with Crippen LogP contribution in [-0.2, 0) is 11.2 Å². The normalized spacial score (nSPS) is 17.7. The highest BCUT2D eigenvalue weighted by molar-refractivity contribution is 5.91. The maximum atomic E-state index is 13.0. The second-order valence-corrected chi connectivity index (χ2v) is 9.45. The zero-order chi connectivity index (χ0) is 22.9. The van der Waals surface area contributed by atoms with Crippen LogP contribution in [0.3, 0.4) is 0 Å². The summed E-state index contributed by atoms with van der Waals surface area (Å²) in [6.45, 7) is 9.52. The van der Waals surface area contributed by atoms with Gasteiger partial charge in [0.05, 0.1) is 16.8 Å². The molecule has 0 bridgehead atoms. The van der Waals surface area contributed by atoms with E-state index in [1.165, 1.54) is 12.8 Å². The summed E-state index contributed by atoms with van der Waals surface area (Å²) >= 11 is 0. The third-order valence-corrected chi connectivity index (χ3v) is 7.20. The van der Waals surface area contributed by atoms with E-state index in [0.29, 0.717) is 5.91 Å². The highest BCUT2D eigenvalue weighted by Gasteiger charge is 2.29. The van der Waals surface area contributed by atoms with Crippen molar-refractivity contribution >= 4 is 22.8 Å². The van der Waals surface area contributed by atoms with Crippen LogP contribution in [0, 0.1) is 19.8 Å². The van der Waals surface area contributed by atoms with Crippen LogP contribution >= 0.6 is 0 Å². The minimum atomic E-state index is 0.239. The summed E-state index contributed by atoms with van der Waals surface area (Å²) in [5.74, 6) is 2.39. The maximum Gasteiger partial charge on any atom is 0.225 e. The lowest BCUT2D eigenvalue weighted by atomic mass is 10.1. The van der Waals surface area contributed by atoms with Gasteiger partial charge >= 0.3 is 0 Å². The topological polar surface area (TPSA) is 67.2 Å². The summed E-state index contributed by atoms with van der Waals surface area (Å²) in [5.41, 5.74) is 4.02. The molecule has 0 atom stereocenters. The fourth-order valence-electron chi connectivity index (χ4n) is 5.34. The molecule has 7 nitrogen and oxygen atoms in total. The second-order valence-electron chi connectivity index (χ2n) is 9.45. The number of anilines is 1. The standard InChI is InChI=1S/C26H34N6O/c1-4-22-27-24(30-14-9-15-31(17-16-30)26(33)20-11-6-7-12-20)23-19(3)29-32(25(23)28-22)21-13-8-5-10-18(21)2/h5,8,10,13,20H,4,6-7,9,11-12,14-17H2,1-3H3. The first-order valence-electron chi connectivity index (χ1n) is 12.4. The van der Waals surface area contributed by atoms with Gasteiger partial charge in [0, 0.05) is 38.5 Å². The van der Waals surface area contributed by atoms with Gasteiger partial charge in [-0.1, -0.05) is 38.0 Å². The number of nitrogens with zero attached hydrogens (tertiary/aromatic N) is 6. The molecule has 1 amide bonds. The van der Waals surface area contributed by atoms with Crippen molar-refractivity contribution in [3.05, 3.63) is 41.3 Å². The Bertz CT molecular complexity index is 1160. The number of hydrogen-bond acceptors (Lipinski definition) is 5. The molecule has 33 heavy (non-hydrogen) atoms. The molecule has 2 fully saturated rings. The number of aromatic nitrogens is 4. The molecule has 1 saturated carbocycles. The van der Waals surface area contributed by atoms with E-state index in [2.05, 4.69) is 35.8 Å². The number of aryl methyl sites for hydroxylation is 3. The largest absolute Gasteiger partial charge is 0.354 e. The second kappa shape index (κ2) is 9.12. The van der Waals surface area contributed by atoms with Crippen LogP contribution in [0.2, 0.25) is 0 Å². The predicted molar refractivity (Wildman–Crippen MR) is 131 cm³/mol. The molecule has 5 rings (SSSR count). The lowest BCUT2D eigenvalue weighted by Crippen LogP contribution is -2.38. The van der Waals surface area contributed by atoms with Crippen molar-refractivity contribution in [3.8, 4) is 5.69 Å². The van der Waals surface area contributed by atoms with Crippen molar-refractivity contribution in [2.45, 2.75) is 59.3 Å². The summed E-state index contributed by atoms with van der Waals surface area (Å²) < 4.78 is 1.97. The van der Waals surface area contributed by atoms with Gasteiger partial charge in [-0.2, -0.15) is 5.10 Å². The Labute approximate surface area is 195 Å². The van der Waals surface area contributed by atoms with Crippen LogP contribution < -0.4 is 4.90 Å². The van der Waals surface area contributed by atoms with Crippen molar-refractivity contribution < 1.29 is 4.79 Å². The third-order valence-electron chi connectivity index (χ3n) is 7.20. The van der Waals surface area contributed by atoms with Gasteiger partial charge in [0.1, 0.15) is 11.6 Å². The SMILES string of the molecule is CCc1nc(N2CCCN(C(=O)C3CCCC3)CC2)c2c(C)nn(-c3ccccc3C)c2n1. The van der Waals surface area contributed by atoms with Crippen molar-refractivity contribution in [1.29, 1.82) is 0 Å². The molecule has 1 saturated heterocycles. The molecule has 1 aliphatic carbocycles. The molecule has 2 aromatic heterocycles. The zero-order valence-electron chi connectivity index (χ0n) is 20.0. The van der Waals surface area contributed by atoms with Crippen LogP contribution in [0.25, 0.3) is 16.7 Å². The number of carbonyl (C=O) groups excluding carboxylic acids is 1. The number of hydrogen-bond donors (Lipinski definition) is 0. The van der Waals surface area contributed by atoms with E-state index in [4.69, 9.17) is 15.1 Å². The van der Waals surface area contributed by atoms with E-state index in [-0.39, 0.29) is 5.92 Å². The zero-order valence-corrected chi connectivity index (χ0v) is 20.0. The van der Waals surface area contributed by atoms with Crippen LogP contribution in [0.15, 0.2) is 24.3 Å². The van der Waals surface area contributed by atoms with Crippen LogP contribution in [0.4, 0.5) is 5.82 Å². The molecule has 0 unspecified atom stereocenters. The fraction of sp³-hybridized carbons (Fsp3) is 0.538. The molecule has 2 aliphatic rings. The fourth-order valence-corrected chi connectivity index (χ4v) is 5.34. The Morgan fingerprint density at radius 2 is 1.79 bits per heavy atom. The molecule has 0 spiro atoms. The summed E-state index contributed by atoms with van der Waals surface area (Å²) in [6, 6.07) is 8.28. The van der Waals surface area contributed by atoms with Gasteiger partial charge in [0.25, 0.3) is 0 Å². The van der Waals surface area contributed by atoms with Gasteiger partial charge in [0.2, 0.25) is 5.91 Å². The Morgan fingerprint density at radius 3 is 2.55 bits per heavy atom. The molecule has 174 valence electrons. The van der Waals surface area contributed by atoms with E-state index in [0.717, 1.165) is 91.5 Å². The molecule has 0 N–H and O–H groups in total. The minimum Gasteiger partial charge on any atom is -0.354 e. The average molecular weight is 447 g/mol. The highest BCUT2D eigenvalue weighted by Crippen LogP contribution is 2.31. The number of carbonyl (C=O) groups is 1. The van der Waals surface area contributed by atoms with Gasteiger partial charge < -0.3 is 9.80 Å². The molecular weight excluding hydrogens is 412 g/mol. The van der Waals surface area contributed by atoms with Crippen molar-refractivity contribution in [2.75, 3.05) is 31.1 Å². The Balaban J connectivity index is 1.50. The number of amides is 1. The van der Waals surface area contributed by atoms with Crippen molar-refractivity contribution in [1.82, 2.24) is 24.6 Å². The predicted octanol–water partition coefficient (Wildman–Crippen LogP) is 4.22.